The normalized spacial score (nSPS) is 15.0. The Labute approximate surface area is 130 Å². The summed E-state index contributed by atoms with van der Waals surface area (Å²) in [5, 5.41) is 21.9. The van der Waals surface area contributed by atoms with Crippen molar-refractivity contribution < 1.29 is 15.0 Å². The maximum atomic E-state index is 12.1. The number of carbonyl (C=O) groups is 1. The van der Waals surface area contributed by atoms with Gasteiger partial charge in [0.25, 0.3) is 0 Å². The molecule has 0 radical (unpaired) electrons. The average molecular weight is 398 g/mol. The van der Waals surface area contributed by atoms with Crippen LogP contribution < -0.4 is 5.32 Å². The van der Waals surface area contributed by atoms with Crippen molar-refractivity contribution in [3.63, 3.8) is 0 Å². The number of nitrogens with zero attached hydrogens (tertiary/aromatic N) is 1. The van der Waals surface area contributed by atoms with Crippen molar-refractivity contribution in [2.24, 2.45) is 5.92 Å². The van der Waals surface area contributed by atoms with Gasteiger partial charge in [-0.05, 0) is 26.7 Å². The van der Waals surface area contributed by atoms with Crippen molar-refractivity contribution >= 4 is 39.8 Å². The van der Waals surface area contributed by atoms with Crippen LogP contribution in [0, 0.1) is 5.92 Å². The molecule has 1 amide bonds. The second-order valence-corrected chi connectivity index (χ2v) is 6.81. The first kappa shape index (κ1) is 16.8. The molecule has 1 rings (SSSR count). The summed E-state index contributed by atoms with van der Waals surface area (Å²) in [6.07, 6.45) is 2.11. The standard InChI is InChI=1S/C12H19IN2O3S/c1-12(2,18)15-11(17)8(3-9(16)5-13)4-10-6-14-7-19-10/h6-9,16,18H,3-5H2,1-2H3,(H,15,17). The van der Waals surface area contributed by atoms with E-state index in [1.807, 2.05) is 0 Å². The number of alkyl halides is 1. The molecule has 19 heavy (non-hydrogen) atoms. The summed E-state index contributed by atoms with van der Waals surface area (Å²) in [5.74, 6) is -0.610. The zero-order chi connectivity index (χ0) is 14.5. The number of hydrogen-bond donors (Lipinski definition) is 3. The smallest absolute Gasteiger partial charge is 0.225 e. The summed E-state index contributed by atoms with van der Waals surface area (Å²) >= 11 is 3.57. The van der Waals surface area contributed by atoms with Crippen LogP contribution in [0.3, 0.4) is 0 Å². The molecular formula is C12H19IN2O3S. The van der Waals surface area contributed by atoms with E-state index in [1.54, 1.807) is 11.7 Å². The number of aliphatic hydroxyl groups is 2. The average Bonchev–Trinajstić information content (AvgIpc) is 2.78. The van der Waals surface area contributed by atoms with Gasteiger partial charge in [0, 0.05) is 21.4 Å². The predicted molar refractivity (Wildman–Crippen MR) is 83.3 cm³/mol. The van der Waals surface area contributed by atoms with E-state index in [9.17, 15) is 15.0 Å². The second kappa shape index (κ2) is 7.51. The molecule has 3 N–H and O–H groups in total. The van der Waals surface area contributed by atoms with E-state index in [-0.39, 0.29) is 11.8 Å². The summed E-state index contributed by atoms with van der Waals surface area (Å²) in [5.41, 5.74) is 0.466. The minimum Gasteiger partial charge on any atom is -0.392 e. The van der Waals surface area contributed by atoms with Gasteiger partial charge in [0.2, 0.25) is 5.91 Å². The number of aliphatic hydroxyl groups excluding tert-OH is 1. The Morgan fingerprint density at radius 3 is 2.79 bits per heavy atom. The Morgan fingerprint density at radius 1 is 1.63 bits per heavy atom. The second-order valence-electron chi connectivity index (χ2n) is 4.96. The summed E-state index contributed by atoms with van der Waals surface area (Å²) in [6.45, 7) is 3.03. The number of aromatic nitrogens is 1. The van der Waals surface area contributed by atoms with Gasteiger partial charge in [0.15, 0.2) is 0 Å². The van der Waals surface area contributed by atoms with Gasteiger partial charge in [-0.15, -0.1) is 11.3 Å². The van der Waals surface area contributed by atoms with Crippen LogP contribution in [0.15, 0.2) is 11.7 Å². The molecule has 1 heterocycles. The largest absolute Gasteiger partial charge is 0.392 e. The number of nitrogens with one attached hydrogen (secondary N) is 1. The molecule has 0 fully saturated rings. The summed E-state index contributed by atoms with van der Waals surface area (Å²) in [4.78, 5) is 17.1. The lowest BCUT2D eigenvalue weighted by atomic mass is 9.96. The van der Waals surface area contributed by atoms with Gasteiger partial charge in [0.1, 0.15) is 5.72 Å². The van der Waals surface area contributed by atoms with E-state index < -0.39 is 11.8 Å². The van der Waals surface area contributed by atoms with Crippen LogP contribution >= 0.6 is 33.9 Å². The lowest BCUT2D eigenvalue weighted by molar-refractivity contribution is -0.132. The zero-order valence-corrected chi connectivity index (χ0v) is 13.9. The minimum atomic E-state index is -1.25. The molecular weight excluding hydrogens is 379 g/mol. The number of halogens is 1. The first-order valence-electron chi connectivity index (χ1n) is 5.97. The van der Waals surface area contributed by atoms with Crippen molar-refractivity contribution in [3.05, 3.63) is 16.6 Å². The highest BCUT2D eigenvalue weighted by Gasteiger charge is 2.26. The topological polar surface area (TPSA) is 82.5 Å². The van der Waals surface area contributed by atoms with E-state index in [0.29, 0.717) is 17.3 Å². The molecule has 0 bridgehead atoms. The lowest BCUT2D eigenvalue weighted by Gasteiger charge is -2.24. The first-order valence-corrected chi connectivity index (χ1v) is 8.38. The Balaban J connectivity index is 2.71. The van der Waals surface area contributed by atoms with Crippen molar-refractivity contribution in [2.45, 2.75) is 38.5 Å². The highest BCUT2D eigenvalue weighted by atomic mass is 127. The monoisotopic (exact) mass is 398 g/mol. The molecule has 0 saturated heterocycles. The van der Waals surface area contributed by atoms with Gasteiger partial charge in [0.05, 0.1) is 11.6 Å². The maximum absolute atomic E-state index is 12.1. The third-order valence-electron chi connectivity index (χ3n) is 2.47. The van der Waals surface area contributed by atoms with Crippen LogP contribution in [0.5, 0.6) is 0 Å². The van der Waals surface area contributed by atoms with Crippen molar-refractivity contribution in [1.29, 1.82) is 0 Å². The van der Waals surface area contributed by atoms with Crippen LogP contribution in [-0.2, 0) is 11.2 Å². The Morgan fingerprint density at radius 2 is 2.32 bits per heavy atom. The van der Waals surface area contributed by atoms with E-state index in [1.165, 1.54) is 25.2 Å². The number of carbonyl (C=O) groups excluding carboxylic acids is 1. The quantitative estimate of drug-likeness (QED) is 0.368. The third kappa shape index (κ3) is 6.64. The first-order chi connectivity index (χ1) is 8.81. The molecule has 108 valence electrons. The molecule has 0 saturated carbocycles. The van der Waals surface area contributed by atoms with E-state index >= 15 is 0 Å². The van der Waals surface area contributed by atoms with Crippen LogP contribution in [0.1, 0.15) is 25.1 Å². The van der Waals surface area contributed by atoms with Crippen LogP contribution in [0.2, 0.25) is 0 Å². The Kier molecular flexibility index (Phi) is 6.64. The van der Waals surface area contributed by atoms with Gasteiger partial charge >= 0.3 is 0 Å². The van der Waals surface area contributed by atoms with Crippen LogP contribution in [0.4, 0.5) is 0 Å². The molecule has 0 spiro atoms. The highest BCUT2D eigenvalue weighted by Crippen LogP contribution is 2.19. The van der Waals surface area contributed by atoms with Gasteiger partial charge in [-0.25, -0.2) is 0 Å². The molecule has 0 aliphatic heterocycles. The molecule has 5 nitrogen and oxygen atoms in total. The molecule has 2 unspecified atom stereocenters. The summed E-state index contributed by atoms with van der Waals surface area (Å²) in [7, 11) is 0. The Hall–Kier alpha value is -0.250. The zero-order valence-electron chi connectivity index (χ0n) is 11.0. The third-order valence-corrected chi connectivity index (χ3v) is 4.28. The molecule has 2 atom stereocenters. The van der Waals surface area contributed by atoms with Crippen LogP contribution in [-0.4, -0.2) is 37.4 Å². The predicted octanol–water partition coefficient (Wildman–Crippen LogP) is 1.33. The summed E-state index contributed by atoms with van der Waals surface area (Å²) in [6, 6.07) is 0. The highest BCUT2D eigenvalue weighted by molar-refractivity contribution is 14.1. The lowest BCUT2D eigenvalue weighted by Crippen LogP contribution is -2.47. The molecule has 1 aromatic rings. The molecule has 0 aliphatic carbocycles. The van der Waals surface area contributed by atoms with Gasteiger partial charge in [-0.2, -0.15) is 0 Å². The molecule has 0 aromatic carbocycles. The minimum absolute atomic E-state index is 0.246. The Bertz CT molecular complexity index is 392. The molecule has 0 aliphatic rings. The fourth-order valence-corrected chi connectivity index (χ4v) is 2.70. The van der Waals surface area contributed by atoms with E-state index in [2.05, 4.69) is 32.9 Å². The molecule has 1 aromatic heterocycles. The molecule has 7 heteroatoms. The van der Waals surface area contributed by atoms with Gasteiger partial charge in [-0.3, -0.25) is 9.78 Å². The fraction of sp³-hybridized carbons (Fsp3) is 0.667. The van der Waals surface area contributed by atoms with Crippen molar-refractivity contribution in [2.75, 3.05) is 4.43 Å². The van der Waals surface area contributed by atoms with E-state index in [4.69, 9.17) is 0 Å². The van der Waals surface area contributed by atoms with Crippen molar-refractivity contribution in [1.82, 2.24) is 10.3 Å². The summed E-state index contributed by atoms with van der Waals surface area (Å²) < 4.78 is 0.576. The van der Waals surface area contributed by atoms with E-state index in [0.717, 1.165) is 4.88 Å². The maximum Gasteiger partial charge on any atom is 0.225 e. The van der Waals surface area contributed by atoms with Crippen molar-refractivity contribution in [3.8, 4) is 0 Å². The van der Waals surface area contributed by atoms with Gasteiger partial charge in [-0.1, -0.05) is 22.6 Å². The number of rotatable bonds is 7. The van der Waals surface area contributed by atoms with Gasteiger partial charge < -0.3 is 15.5 Å². The fourth-order valence-electron chi connectivity index (χ4n) is 1.66. The van der Waals surface area contributed by atoms with Crippen LogP contribution in [0.25, 0.3) is 0 Å². The number of amides is 1. The SMILES string of the molecule is CC(C)(O)NC(=O)C(Cc1cncs1)CC(O)CI. The number of hydrogen-bond acceptors (Lipinski definition) is 5. The number of thiazole rings is 1.